The lowest BCUT2D eigenvalue weighted by Gasteiger charge is -2.03. The second-order valence-electron chi connectivity index (χ2n) is 3.23. The van der Waals surface area contributed by atoms with Crippen LogP contribution in [0.5, 0.6) is 0 Å². The minimum absolute atomic E-state index is 0.545. The zero-order valence-electron chi connectivity index (χ0n) is 8.41. The lowest BCUT2D eigenvalue weighted by molar-refractivity contribution is 0.607. The van der Waals surface area contributed by atoms with Crippen molar-refractivity contribution in [3.63, 3.8) is 0 Å². The molecule has 0 fully saturated rings. The first-order chi connectivity index (χ1) is 7.54. The first-order valence-corrected chi connectivity index (χ1v) is 7.07. The van der Waals surface area contributed by atoms with Crippen LogP contribution in [0.15, 0.2) is 30.5 Å². The third-order valence-electron chi connectivity index (χ3n) is 1.83. The van der Waals surface area contributed by atoms with E-state index in [2.05, 4.69) is 14.3 Å². The van der Waals surface area contributed by atoms with Crippen LogP contribution < -0.4 is 4.72 Å². The first kappa shape index (κ1) is 11.0. The standard InChI is InChI=1S/C9H9N3O2S2/c1-16(13,14)11-8-4-2-7(3-5-8)9-6-10-12-15-9/h2-6,11H,1H3. The number of sulfonamides is 1. The molecule has 1 aromatic carbocycles. The quantitative estimate of drug-likeness (QED) is 0.903. The summed E-state index contributed by atoms with van der Waals surface area (Å²) in [4.78, 5) is 0.950. The maximum absolute atomic E-state index is 11.0. The number of hydrogen-bond acceptors (Lipinski definition) is 5. The molecule has 1 N–H and O–H groups in total. The fourth-order valence-corrected chi connectivity index (χ4v) is 2.29. The molecule has 0 aliphatic carbocycles. The minimum Gasteiger partial charge on any atom is -0.284 e. The van der Waals surface area contributed by atoms with Gasteiger partial charge < -0.3 is 0 Å². The molecule has 1 aromatic heterocycles. The first-order valence-electron chi connectivity index (χ1n) is 4.40. The van der Waals surface area contributed by atoms with E-state index in [0.717, 1.165) is 16.7 Å². The Labute approximate surface area is 97.4 Å². The normalized spacial score (nSPS) is 11.3. The second-order valence-corrected chi connectivity index (χ2v) is 5.77. The molecule has 0 amide bonds. The highest BCUT2D eigenvalue weighted by atomic mass is 32.2. The molecule has 0 radical (unpaired) electrons. The fraction of sp³-hybridized carbons (Fsp3) is 0.111. The van der Waals surface area contributed by atoms with Crippen molar-refractivity contribution in [3.8, 4) is 10.4 Å². The molecule has 0 spiro atoms. The summed E-state index contributed by atoms with van der Waals surface area (Å²) >= 11 is 1.30. The van der Waals surface area contributed by atoms with Crippen molar-refractivity contribution in [1.29, 1.82) is 0 Å². The van der Waals surface area contributed by atoms with Gasteiger partial charge in [0.2, 0.25) is 10.0 Å². The third-order valence-corrected chi connectivity index (χ3v) is 3.15. The Balaban J connectivity index is 2.24. The molecule has 0 unspecified atom stereocenters. The van der Waals surface area contributed by atoms with E-state index in [0.29, 0.717) is 5.69 Å². The summed E-state index contributed by atoms with van der Waals surface area (Å²) in [6, 6.07) is 7.05. The number of benzene rings is 1. The van der Waals surface area contributed by atoms with Crippen LogP contribution in [0.1, 0.15) is 0 Å². The van der Waals surface area contributed by atoms with Crippen molar-refractivity contribution in [1.82, 2.24) is 9.59 Å². The van der Waals surface area contributed by atoms with Crippen LogP contribution in [0, 0.1) is 0 Å². The summed E-state index contributed by atoms with van der Waals surface area (Å²) in [5.74, 6) is 0. The van der Waals surface area contributed by atoms with Gasteiger partial charge in [0.15, 0.2) is 0 Å². The maximum atomic E-state index is 11.0. The Morgan fingerprint density at radius 3 is 2.44 bits per heavy atom. The molecule has 0 saturated heterocycles. The second kappa shape index (κ2) is 4.18. The van der Waals surface area contributed by atoms with Crippen LogP contribution in [0.25, 0.3) is 10.4 Å². The van der Waals surface area contributed by atoms with Gasteiger partial charge in [-0.25, -0.2) is 8.42 Å². The lowest BCUT2D eigenvalue weighted by Crippen LogP contribution is -2.09. The molecule has 0 aliphatic heterocycles. The van der Waals surface area contributed by atoms with Gasteiger partial charge in [-0.05, 0) is 29.2 Å². The van der Waals surface area contributed by atoms with Gasteiger partial charge in [-0.2, -0.15) is 0 Å². The molecular formula is C9H9N3O2S2. The Kier molecular flexibility index (Phi) is 2.88. The predicted octanol–water partition coefficient (Wildman–Crippen LogP) is 1.58. The van der Waals surface area contributed by atoms with Gasteiger partial charge in [-0.3, -0.25) is 4.72 Å². The molecule has 1 heterocycles. The average molecular weight is 255 g/mol. The highest BCUT2D eigenvalue weighted by Crippen LogP contribution is 2.23. The van der Waals surface area contributed by atoms with Gasteiger partial charge in [-0.15, -0.1) is 5.10 Å². The van der Waals surface area contributed by atoms with Crippen molar-refractivity contribution < 1.29 is 8.42 Å². The van der Waals surface area contributed by atoms with Crippen molar-refractivity contribution in [2.75, 3.05) is 11.0 Å². The van der Waals surface area contributed by atoms with E-state index in [4.69, 9.17) is 0 Å². The minimum atomic E-state index is -3.22. The van der Waals surface area contributed by atoms with Crippen LogP contribution in [-0.4, -0.2) is 24.3 Å². The largest absolute Gasteiger partial charge is 0.284 e. The van der Waals surface area contributed by atoms with Gasteiger partial charge in [0, 0.05) is 5.69 Å². The van der Waals surface area contributed by atoms with Crippen LogP contribution in [0.4, 0.5) is 5.69 Å². The molecule has 0 bridgehead atoms. The fourth-order valence-electron chi connectivity index (χ4n) is 1.21. The van der Waals surface area contributed by atoms with Crippen LogP contribution in [0.3, 0.4) is 0 Å². The molecule has 16 heavy (non-hydrogen) atoms. The Morgan fingerprint density at radius 2 is 1.94 bits per heavy atom. The topological polar surface area (TPSA) is 72.0 Å². The van der Waals surface area contributed by atoms with Gasteiger partial charge in [0.05, 0.1) is 17.3 Å². The highest BCUT2D eigenvalue weighted by Gasteiger charge is 2.03. The predicted molar refractivity (Wildman–Crippen MR) is 63.8 cm³/mol. The molecule has 84 valence electrons. The summed E-state index contributed by atoms with van der Waals surface area (Å²) in [6.07, 6.45) is 2.79. The van der Waals surface area contributed by atoms with Crippen molar-refractivity contribution >= 4 is 27.2 Å². The molecular weight excluding hydrogens is 246 g/mol. The summed E-state index contributed by atoms with van der Waals surface area (Å²) in [5, 5.41) is 3.74. The van der Waals surface area contributed by atoms with E-state index in [-0.39, 0.29) is 0 Å². The Morgan fingerprint density at radius 1 is 1.25 bits per heavy atom. The van der Waals surface area contributed by atoms with E-state index in [1.807, 2.05) is 12.1 Å². The zero-order chi connectivity index (χ0) is 11.6. The maximum Gasteiger partial charge on any atom is 0.229 e. The zero-order valence-corrected chi connectivity index (χ0v) is 10.0. The van der Waals surface area contributed by atoms with Crippen LogP contribution in [-0.2, 0) is 10.0 Å². The van der Waals surface area contributed by atoms with Gasteiger partial charge >= 0.3 is 0 Å². The van der Waals surface area contributed by atoms with E-state index in [9.17, 15) is 8.42 Å². The highest BCUT2D eigenvalue weighted by molar-refractivity contribution is 7.92. The summed E-state index contributed by atoms with van der Waals surface area (Å²) in [5.41, 5.74) is 1.51. The van der Waals surface area contributed by atoms with E-state index >= 15 is 0 Å². The Bertz CT molecular complexity index is 561. The van der Waals surface area contributed by atoms with Crippen molar-refractivity contribution in [2.45, 2.75) is 0 Å². The molecule has 2 rings (SSSR count). The summed E-state index contributed by atoms with van der Waals surface area (Å²) in [6.45, 7) is 0. The number of aromatic nitrogens is 2. The number of nitrogens with zero attached hydrogens (tertiary/aromatic N) is 2. The lowest BCUT2D eigenvalue weighted by atomic mass is 10.2. The molecule has 0 atom stereocenters. The van der Waals surface area contributed by atoms with E-state index in [1.54, 1.807) is 18.3 Å². The van der Waals surface area contributed by atoms with Crippen LogP contribution in [0.2, 0.25) is 0 Å². The Hall–Kier alpha value is -1.47. The average Bonchev–Trinajstić information content (AvgIpc) is 2.69. The summed E-state index contributed by atoms with van der Waals surface area (Å²) in [7, 11) is -3.22. The molecule has 0 saturated carbocycles. The molecule has 0 aliphatic rings. The van der Waals surface area contributed by atoms with Gasteiger partial charge in [0.25, 0.3) is 0 Å². The number of hydrogen-bond donors (Lipinski definition) is 1. The SMILES string of the molecule is CS(=O)(=O)Nc1ccc(-c2cnns2)cc1. The number of nitrogens with one attached hydrogen (secondary N) is 1. The smallest absolute Gasteiger partial charge is 0.229 e. The molecule has 7 heteroatoms. The third kappa shape index (κ3) is 2.77. The summed E-state index contributed by atoms with van der Waals surface area (Å²) < 4.78 is 28.1. The number of rotatable bonds is 3. The number of anilines is 1. The van der Waals surface area contributed by atoms with E-state index in [1.165, 1.54) is 11.5 Å². The van der Waals surface area contributed by atoms with Gasteiger partial charge in [-0.1, -0.05) is 16.6 Å². The molecule has 2 aromatic rings. The van der Waals surface area contributed by atoms with Crippen molar-refractivity contribution in [3.05, 3.63) is 30.5 Å². The monoisotopic (exact) mass is 255 g/mol. The van der Waals surface area contributed by atoms with Crippen LogP contribution >= 0.6 is 11.5 Å². The van der Waals surface area contributed by atoms with Gasteiger partial charge in [0.1, 0.15) is 0 Å². The molecule has 5 nitrogen and oxygen atoms in total. The van der Waals surface area contributed by atoms with E-state index < -0.39 is 10.0 Å². The van der Waals surface area contributed by atoms with Crippen molar-refractivity contribution in [2.24, 2.45) is 0 Å².